The second kappa shape index (κ2) is 12.5. The molecular weight excluding hydrogens is 553 g/mol. The van der Waals surface area contributed by atoms with Gasteiger partial charge in [0.2, 0.25) is 0 Å². The molecule has 1 N–H and O–H groups in total. The summed E-state index contributed by atoms with van der Waals surface area (Å²) >= 11 is 0. The van der Waals surface area contributed by atoms with Crippen molar-refractivity contribution in [2.24, 2.45) is 5.92 Å². The minimum Gasteiger partial charge on any atom is -0.491 e. The number of hydrogen-bond donors (Lipinski definition) is 1. The van der Waals surface area contributed by atoms with Crippen molar-refractivity contribution in [3.8, 4) is 22.6 Å². The van der Waals surface area contributed by atoms with E-state index >= 15 is 0 Å². The van der Waals surface area contributed by atoms with Crippen LogP contribution in [0.3, 0.4) is 0 Å². The first-order valence-corrected chi connectivity index (χ1v) is 14.5. The second-order valence-electron chi connectivity index (χ2n) is 11.9. The Balaban J connectivity index is 1.49. The maximum atomic E-state index is 14.3. The second-order valence-corrected chi connectivity index (χ2v) is 11.9. The Hall–Kier alpha value is -4.31. The zero-order valence-corrected chi connectivity index (χ0v) is 24.6. The van der Waals surface area contributed by atoms with Gasteiger partial charge in [-0.25, -0.2) is 18.7 Å². The van der Waals surface area contributed by atoms with Gasteiger partial charge < -0.3 is 14.6 Å². The van der Waals surface area contributed by atoms with E-state index in [4.69, 9.17) is 14.6 Å². The number of fused-ring (bicyclic) bond motifs is 1. The minimum absolute atomic E-state index is 0.0197. The van der Waals surface area contributed by atoms with Crippen molar-refractivity contribution in [1.82, 2.24) is 14.1 Å². The third-order valence-electron chi connectivity index (χ3n) is 7.60. The number of hydrogen-bond acceptors (Lipinski definition) is 7. The fourth-order valence-electron chi connectivity index (χ4n) is 5.70. The highest BCUT2D eigenvalue weighted by atomic mass is 19.1. The van der Waals surface area contributed by atoms with Crippen LogP contribution in [0.2, 0.25) is 0 Å². The highest BCUT2D eigenvalue weighted by Gasteiger charge is 2.29. The number of esters is 1. The summed E-state index contributed by atoms with van der Waals surface area (Å²) < 4.78 is 27.9. The monoisotopic (exact) mass is 589 g/mol. The smallest absolute Gasteiger partial charge is 0.337 e. The van der Waals surface area contributed by atoms with Crippen LogP contribution in [-0.2, 0) is 9.53 Å². The van der Waals surface area contributed by atoms with Gasteiger partial charge in [-0.2, -0.15) is 0 Å². The van der Waals surface area contributed by atoms with Crippen molar-refractivity contribution in [1.29, 1.82) is 0 Å². The Labute approximate surface area is 248 Å². The fraction of sp³-hybridized carbons (Fsp3) is 0.394. The first-order chi connectivity index (χ1) is 20.5. The molecule has 5 rings (SSSR count). The number of halogens is 1. The predicted molar refractivity (Wildman–Crippen MR) is 161 cm³/mol. The number of carbonyl (C=O) groups is 1. The van der Waals surface area contributed by atoms with Crippen molar-refractivity contribution in [3.63, 3.8) is 0 Å². The quantitative estimate of drug-likeness (QED) is 0.282. The third kappa shape index (κ3) is 6.85. The molecular formula is C33H36FN3O6. The molecule has 1 aliphatic carbocycles. The minimum atomic E-state index is -0.667. The molecule has 2 aromatic heterocycles. The molecule has 0 radical (unpaired) electrons. The number of benzene rings is 2. The largest absolute Gasteiger partial charge is 0.491 e. The van der Waals surface area contributed by atoms with Gasteiger partial charge in [0.15, 0.2) is 5.65 Å². The zero-order valence-electron chi connectivity index (χ0n) is 24.6. The third-order valence-corrected chi connectivity index (χ3v) is 7.60. The summed E-state index contributed by atoms with van der Waals surface area (Å²) in [6.07, 6.45) is 3.66. The van der Waals surface area contributed by atoms with E-state index in [0.717, 1.165) is 23.4 Å². The van der Waals surface area contributed by atoms with E-state index in [9.17, 15) is 18.8 Å². The lowest BCUT2D eigenvalue weighted by Crippen LogP contribution is -2.43. The number of nitrogens with zero attached hydrogens (tertiary/aromatic N) is 3. The van der Waals surface area contributed by atoms with E-state index in [-0.39, 0.29) is 42.6 Å². The molecule has 226 valence electrons. The van der Waals surface area contributed by atoms with Crippen LogP contribution in [-0.4, -0.2) is 44.0 Å². The van der Waals surface area contributed by atoms with Crippen molar-refractivity contribution in [2.75, 3.05) is 13.2 Å². The topological polar surface area (TPSA) is 113 Å². The molecule has 43 heavy (non-hydrogen) atoms. The van der Waals surface area contributed by atoms with Gasteiger partial charge >= 0.3 is 11.7 Å². The maximum Gasteiger partial charge on any atom is 0.337 e. The van der Waals surface area contributed by atoms with E-state index in [1.54, 1.807) is 24.3 Å². The Morgan fingerprint density at radius 2 is 1.74 bits per heavy atom. The van der Waals surface area contributed by atoms with Crippen LogP contribution in [0.4, 0.5) is 4.39 Å². The molecule has 0 amide bonds. The van der Waals surface area contributed by atoms with Crippen LogP contribution in [0, 0.1) is 11.7 Å². The molecule has 1 fully saturated rings. The first kappa shape index (κ1) is 30.2. The lowest BCUT2D eigenvalue weighted by molar-refractivity contribution is -0.156. The number of aromatic nitrogens is 3. The summed E-state index contributed by atoms with van der Waals surface area (Å²) in [6, 6.07) is 15.3. The average Bonchev–Trinajstić information content (AvgIpc) is 2.97. The first-order valence-electron chi connectivity index (χ1n) is 14.5. The number of ether oxygens (including phenoxy) is 2. The van der Waals surface area contributed by atoms with E-state index in [1.165, 1.54) is 9.13 Å². The van der Waals surface area contributed by atoms with Gasteiger partial charge in [-0.15, -0.1) is 0 Å². The molecule has 0 unspecified atom stereocenters. The molecule has 10 heteroatoms. The van der Waals surface area contributed by atoms with Gasteiger partial charge in [0, 0.05) is 12.5 Å². The van der Waals surface area contributed by atoms with Crippen LogP contribution in [0.1, 0.15) is 58.9 Å². The predicted octanol–water partition coefficient (Wildman–Crippen LogP) is 5.19. The van der Waals surface area contributed by atoms with Crippen LogP contribution in [0.15, 0.2) is 70.4 Å². The van der Waals surface area contributed by atoms with Crippen LogP contribution < -0.4 is 16.0 Å². The van der Waals surface area contributed by atoms with Crippen molar-refractivity contribution >= 4 is 17.0 Å². The van der Waals surface area contributed by atoms with E-state index < -0.39 is 28.7 Å². The summed E-state index contributed by atoms with van der Waals surface area (Å²) in [7, 11) is 0. The molecule has 1 saturated carbocycles. The zero-order chi connectivity index (χ0) is 30.7. The normalized spacial score (nSPS) is 17.1. The highest BCUT2D eigenvalue weighted by Crippen LogP contribution is 2.34. The molecule has 4 aromatic rings. The van der Waals surface area contributed by atoms with Gasteiger partial charge in [-0.1, -0.05) is 24.3 Å². The molecule has 2 aromatic carbocycles. The van der Waals surface area contributed by atoms with Gasteiger partial charge in [0.1, 0.15) is 23.8 Å². The Kier molecular flexibility index (Phi) is 8.77. The van der Waals surface area contributed by atoms with Crippen LogP contribution in [0.25, 0.3) is 27.8 Å². The van der Waals surface area contributed by atoms with Crippen LogP contribution in [0.5, 0.6) is 5.75 Å². The summed E-state index contributed by atoms with van der Waals surface area (Å²) in [6.45, 7) is 5.60. The number of aliphatic hydroxyl groups is 1. The molecule has 0 spiro atoms. The van der Waals surface area contributed by atoms with Crippen molar-refractivity contribution < 1.29 is 23.8 Å². The Morgan fingerprint density at radius 3 is 2.42 bits per heavy atom. The Morgan fingerprint density at radius 1 is 1.02 bits per heavy atom. The fourth-order valence-corrected chi connectivity index (χ4v) is 5.70. The van der Waals surface area contributed by atoms with E-state index in [0.29, 0.717) is 37.1 Å². The average molecular weight is 590 g/mol. The standard InChI is InChI=1S/C33H36FN3O6/c1-33(2,3)43-29(39)17-21-7-11-25(12-8-21)37-31(40)28-19-24(34)20-35-30(28)36(32(37)41)26-6-4-5-23(18-26)22-9-13-27(14-10-22)42-16-15-38/h4-6,9-10,13-14,18-21,25,38H,7-8,11-12,15-17H2,1-3H3. The molecule has 0 aliphatic heterocycles. The number of pyridine rings is 1. The van der Waals surface area contributed by atoms with Crippen molar-refractivity contribution in [3.05, 3.63) is 87.4 Å². The number of rotatable bonds is 8. The summed E-state index contributed by atoms with van der Waals surface area (Å²) in [5, 5.41) is 9.01. The maximum absolute atomic E-state index is 14.3. The summed E-state index contributed by atoms with van der Waals surface area (Å²) in [5.41, 5.74) is 0.567. The Bertz CT molecular complexity index is 1730. The molecule has 0 atom stereocenters. The van der Waals surface area contributed by atoms with Crippen LogP contribution >= 0.6 is 0 Å². The summed E-state index contributed by atoms with van der Waals surface area (Å²) in [5.74, 6) is -0.203. The van der Waals surface area contributed by atoms with Gasteiger partial charge in [-0.05, 0) is 93.8 Å². The summed E-state index contributed by atoms with van der Waals surface area (Å²) in [4.78, 5) is 44.2. The van der Waals surface area contributed by atoms with Gasteiger partial charge in [0.05, 0.1) is 23.9 Å². The van der Waals surface area contributed by atoms with E-state index in [1.807, 2.05) is 45.0 Å². The molecule has 9 nitrogen and oxygen atoms in total. The van der Waals surface area contributed by atoms with Gasteiger partial charge in [0.25, 0.3) is 5.56 Å². The number of aliphatic hydroxyl groups excluding tert-OH is 1. The highest BCUT2D eigenvalue weighted by molar-refractivity contribution is 5.76. The van der Waals surface area contributed by atoms with Crippen molar-refractivity contribution in [2.45, 2.75) is 64.5 Å². The molecule has 1 aliphatic rings. The lowest BCUT2D eigenvalue weighted by Gasteiger charge is -2.30. The van der Waals surface area contributed by atoms with Gasteiger partial charge in [-0.3, -0.25) is 14.2 Å². The lowest BCUT2D eigenvalue weighted by atomic mass is 9.84. The molecule has 0 saturated heterocycles. The SMILES string of the molecule is CC(C)(C)OC(=O)CC1CCC(n2c(=O)c3cc(F)cnc3n(-c3cccc(-c4ccc(OCCO)cc4)c3)c2=O)CC1. The molecule has 2 heterocycles. The number of carbonyl (C=O) groups excluding carboxylic acids is 1. The molecule has 0 bridgehead atoms. The van der Waals surface area contributed by atoms with E-state index in [2.05, 4.69) is 4.98 Å².